The smallest absolute Gasteiger partial charge is 0.0850 e. The summed E-state index contributed by atoms with van der Waals surface area (Å²) in [5.41, 5.74) is 2.68. The van der Waals surface area contributed by atoms with Crippen LogP contribution in [-0.2, 0) is 15.9 Å². The maximum absolute atomic E-state index is 5.35. The van der Waals surface area contributed by atoms with Crippen molar-refractivity contribution in [2.75, 3.05) is 37.8 Å². The van der Waals surface area contributed by atoms with Crippen molar-refractivity contribution in [2.45, 2.75) is 12.5 Å². The minimum Gasteiger partial charge on any atom is -0.378 e. The number of anilines is 1. The third-order valence-electron chi connectivity index (χ3n) is 3.18. The minimum absolute atomic E-state index is 0.481. The van der Waals surface area contributed by atoms with Crippen molar-refractivity contribution in [3.8, 4) is 0 Å². The van der Waals surface area contributed by atoms with Crippen LogP contribution in [0.15, 0.2) is 24.3 Å². The van der Waals surface area contributed by atoms with E-state index >= 15 is 0 Å². The average molecular weight is 219 g/mol. The average Bonchev–Trinajstić information content (AvgIpc) is 3.15. The lowest BCUT2D eigenvalue weighted by Crippen LogP contribution is -2.36. The largest absolute Gasteiger partial charge is 0.378 e. The molecule has 0 aromatic heterocycles. The molecule has 0 saturated carbocycles. The molecule has 3 heteroatoms. The molecule has 16 heavy (non-hydrogen) atoms. The van der Waals surface area contributed by atoms with Crippen LogP contribution in [-0.4, -0.2) is 39.0 Å². The third kappa shape index (κ3) is 2.36. The Hall–Kier alpha value is -1.06. The van der Waals surface area contributed by atoms with Crippen LogP contribution in [0.25, 0.3) is 0 Å². The maximum atomic E-state index is 5.35. The number of hydrogen-bond donors (Lipinski definition) is 0. The highest BCUT2D eigenvalue weighted by molar-refractivity contribution is 5.48. The second-order valence-electron chi connectivity index (χ2n) is 4.43. The molecular weight excluding hydrogens is 202 g/mol. The fraction of sp³-hybridized carbons (Fsp3) is 0.538. The van der Waals surface area contributed by atoms with Gasteiger partial charge in [-0.2, -0.15) is 0 Å². The zero-order chi connectivity index (χ0) is 10.8. The molecule has 2 aliphatic rings. The summed E-state index contributed by atoms with van der Waals surface area (Å²) in [5, 5.41) is 0. The molecule has 2 heterocycles. The van der Waals surface area contributed by atoms with Gasteiger partial charge < -0.3 is 14.4 Å². The Balaban J connectivity index is 1.65. The van der Waals surface area contributed by atoms with E-state index in [1.807, 2.05) is 0 Å². The number of hydrogen-bond acceptors (Lipinski definition) is 3. The summed E-state index contributed by atoms with van der Waals surface area (Å²) in [6, 6.07) is 8.85. The molecule has 1 aromatic rings. The van der Waals surface area contributed by atoms with E-state index in [1.54, 1.807) is 0 Å². The lowest BCUT2D eigenvalue weighted by atomic mass is 10.1. The van der Waals surface area contributed by atoms with Gasteiger partial charge in [0.2, 0.25) is 0 Å². The van der Waals surface area contributed by atoms with Gasteiger partial charge in [-0.25, -0.2) is 0 Å². The zero-order valence-corrected chi connectivity index (χ0v) is 9.39. The lowest BCUT2D eigenvalue weighted by Gasteiger charge is -2.28. The van der Waals surface area contributed by atoms with E-state index in [9.17, 15) is 0 Å². The van der Waals surface area contributed by atoms with Gasteiger partial charge in [-0.1, -0.05) is 12.1 Å². The topological polar surface area (TPSA) is 25.0 Å². The van der Waals surface area contributed by atoms with Crippen LogP contribution in [0.5, 0.6) is 0 Å². The van der Waals surface area contributed by atoms with E-state index in [4.69, 9.17) is 9.47 Å². The zero-order valence-electron chi connectivity index (χ0n) is 9.39. The maximum Gasteiger partial charge on any atom is 0.0850 e. The van der Waals surface area contributed by atoms with Crippen LogP contribution >= 0.6 is 0 Å². The summed E-state index contributed by atoms with van der Waals surface area (Å²) in [6.07, 6.45) is 1.54. The van der Waals surface area contributed by atoms with Gasteiger partial charge in [0.05, 0.1) is 25.9 Å². The Labute approximate surface area is 96.0 Å². The van der Waals surface area contributed by atoms with Gasteiger partial charge in [0, 0.05) is 25.2 Å². The molecule has 3 nitrogen and oxygen atoms in total. The molecule has 1 aromatic carbocycles. The molecule has 3 rings (SSSR count). The Kier molecular flexibility index (Phi) is 2.80. The number of benzene rings is 1. The van der Waals surface area contributed by atoms with Crippen molar-refractivity contribution in [1.29, 1.82) is 0 Å². The van der Waals surface area contributed by atoms with Gasteiger partial charge in [-0.15, -0.1) is 0 Å². The van der Waals surface area contributed by atoms with Gasteiger partial charge in [0.15, 0.2) is 0 Å². The van der Waals surface area contributed by atoms with Crippen molar-refractivity contribution in [1.82, 2.24) is 0 Å². The molecule has 1 unspecified atom stereocenters. The van der Waals surface area contributed by atoms with Gasteiger partial charge in [-0.05, 0) is 17.7 Å². The minimum atomic E-state index is 0.481. The Bertz CT molecular complexity index is 339. The second kappa shape index (κ2) is 4.44. The number of morpholine rings is 1. The molecule has 86 valence electrons. The van der Waals surface area contributed by atoms with E-state index in [1.165, 1.54) is 11.3 Å². The molecule has 2 saturated heterocycles. The standard InChI is InChI=1S/C13H17NO2/c1-3-12(14-5-7-15-8-6-14)4-2-11(1)9-13-10-16-13/h1-4,13H,5-10H2. The molecular formula is C13H17NO2. The first-order chi connectivity index (χ1) is 7.92. The predicted molar refractivity (Wildman–Crippen MR) is 62.9 cm³/mol. The van der Waals surface area contributed by atoms with Crippen LogP contribution in [0.2, 0.25) is 0 Å². The normalized spacial score (nSPS) is 24.5. The van der Waals surface area contributed by atoms with Gasteiger partial charge in [0.1, 0.15) is 0 Å². The van der Waals surface area contributed by atoms with E-state index in [-0.39, 0.29) is 0 Å². The molecule has 0 N–H and O–H groups in total. The molecule has 2 fully saturated rings. The predicted octanol–water partition coefficient (Wildman–Crippen LogP) is 1.46. The van der Waals surface area contributed by atoms with Crippen LogP contribution in [0.3, 0.4) is 0 Å². The quantitative estimate of drug-likeness (QED) is 0.720. The van der Waals surface area contributed by atoms with Crippen LogP contribution in [0.1, 0.15) is 5.56 Å². The first-order valence-corrected chi connectivity index (χ1v) is 5.95. The van der Waals surface area contributed by atoms with E-state index in [0.717, 1.165) is 39.3 Å². The Morgan fingerprint density at radius 1 is 1.12 bits per heavy atom. The highest BCUT2D eigenvalue weighted by Gasteiger charge is 2.22. The number of epoxide rings is 1. The van der Waals surface area contributed by atoms with Crippen molar-refractivity contribution in [3.05, 3.63) is 29.8 Å². The number of ether oxygens (including phenoxy) is 2. The van der Waals surface area contributed by atoms with Crippen molar-refractivity contribution in [3.63, 3.8) is 0 Å². The van der Waals surface area contributed by atoms with Gasteiger partial charge in [0.25, 0.3) is 0 Å². The first kappa shape index (κ1) is 10.1. The molecule has 0 amide bonds. The van der Waals surface area contributed by atoms with E-state index in [0.29, 0.717) is 6.10 Å². The molecule has 0 radical (unpaired) electrons. The van der Waals surface area contributed by atoms with Crippen molar-refractivity contribution in [2.24, 2.45) is 0 Å². The monoisotopic (exact) mass is 219 g/mol. The Morgan fingerprint density at radius 3 is 2.44 bits per heavy atom. The third-order valence-corrected chi connectivity index (χ3v) is 3.18. The first-order valence-electron chi connectivity index (χ1n) is 5.95. The highest BCUT2D eigenvalue weighted by Crippen LogP contribution is 2.20. The summed E-state index contributed by atoms with van der Waals surface area (Å²) in [5.74, 6) is 0. The van der Waals surface area contributed by atoms with Crippen molar-refractivity contribution < 1.29 is 9.47 Å². The highest BCUT2D eigenvalue weighted by atomic mass is 16.6. The summed E-state index contributed by atoms with van der Waals surface area (Å²) in [6.45, 7) is 4.64. The second-order valence-corrected chi connectivity index (χ2v) is 4.43. The molecule has 0 spiro atoms. The summed E-state index contributed by atoms with van der Waals surface area (Å²) >= 11 is 0. The number of nitrogens with zero attached hydrogens (tertiary/aromatic N) is 1. The van der Waals surface area contributed by atoms with Crippen LogP contribution < -0.4 is 4.90 Å². The fourth-order valence-corrected chi connectivity index (χ4v) is 2.11. The van der Waals surface area contributed by atoms with Gasteiger partial charge >= 0.3 is 0 Å². The molecule has 1 atom stereocenters. The van der Waals surface area contributed by atoms with E-state index in [2.05, 4.69) is 29.2 Å². The molecule has 2 aliphatic heterocycles. The SMILES string of the molecule is c1cc(N2CCOCC2)ccc1CC1CO1. The summed E-state index contributed by atoms with van der Waals surface area (Å²) in [4.78, 5) is 2.38. The van der Waals surface area contributed by atoms with Crippen LogP contribution in [0, 0.1) is 0 Å². The summed E-state index contributed by atoms with van der Waals surface area (Å²) < 4.78 is 10.6. The lowest BCUT2D eigenvalue weighted by molar-refractivity contribution is 0.122. The molecule has 0 aliphatic carbocycles. The fourth-order valence-electron chi connectivity index (χ4n) is 2.11. The van der Waals surface area contributed by atoms with E-state index < -0.39 is 0 Å². The molecule has 0 bridgehead atoms. The van der Waals surface area contributed by atoms with Gasteiger partial charge in [-0.3, -0.25) is 0 Å². The van der Waals surface area contributed by atoms with Crippen molar-refractivity contribution >= 4 is 5.69 Å². The van der Waals surface area contributed by atoms with Crippen LogP contribution in [0.4, 0.5) is 5.69 Å². The summed E-state index contributed by atoms with van der Waals surface area (Å²) in [7, 11) is 0. The Morgan fingerprint density at radius 2 is 1.81 bits per heavy atom. The number of rotatable bonds is 3.